The van der Waals surface area contributed by atoms with E-state index < -0.39 is 29.6 Å². The monoisotopic (exact) mass is 609 g/mol. The van der Waals surface area contributed by atoms with Crippen LogP contribution in [0.4, 0.5) is 23.7 Å². The largest absolute Gasteiger partial charge is 0.492 e. The van der Waals surface area contributed by atoms with Crippen molar-refractivity contribution in [1.29, 1.82) is 0 Å². The van der Waals surface area contributed by atoms with E-state index in [9.17, 15) is 22.8 Å². The lowest BCUT2D eigenvalue weighted by atomic mass is 10.1. The Hall–Kier alpha value is -2.93. The first-order valence-corrected chi connectivity index (χ1v) is 15.5. The van der Waals surface area contributed by atoms with Gasteiger partial charge in [-0.1, -0.05) is 12.1 Å². The topological polar surface area (TPSA) is 78.5 Å². The van der Waals surface area contributed by atoms with E-state index in [0.717, 1.165) is 11.8 Å². The van der Waals surface area contributed by atoms with Gasteiger partial charge in [0.15, 0.2) is 0 Å². The first-order chi connectivity index (χ1) is 19.9. The van der Waals surface area contributed by atoms with Gasteiger partial charge in [-0.3, -0.25) is 14.6 Å². The molecular weight excluding hydrogens is 571 g/mol. The van der Waals surface area contributed by atoms with Crippen molar-refractivity contribution in [3.8, 4) is 5.75 Å². The maximum atomic E-state index is 13.9. The number of nitrogens with zero attached hydrogens (tertiary/aromatic N) is 5. The van der Waals surface area contributed by atoms with E-state index >= 15 is 0 Å². The van der Waals surface area contributed by atoms with Crippen molar-refractivity contribution in [3.63, 3.8) is 0 Å². The van der Waals surface area contributed by atoms with Gasteiger partial charge in [-0.25, -0.2) is 9.78 Å². The van der Waals surface area contributed by atoms with E-state index in [1.807, 2.05) is 4.90 Å². The minimum Gasteiger partial charge on any atom is -0.492 e. The Morgan fingerprint density at radius 1 is 1.10 bits per heavy atom. The van der Waals surface area contributed by atoms with E-state index in [2.05, 4.69) is 9.88 Å². The summed E-state index contributed by atoms with van der Waals surface area (Å²) >= 11 is 1.69. The second-order valence-electron chi connectivity index (χ2n) is 11.8. The number of carbonyl (C=O) groups excluding carboxylic acids is 2. The third-order valence-corrected chi connectivity index (χ3v) is 8.76. The molecular formula is C29H38F3N5O4S. The second-order valence-corrected chi connectivity index (χ2v) is 12.9. The maximum absolute atomic E-state index is 13.9. The molecule has 4 heterocycles. The number of carbonyl (C=O) groups is 2. The summed E-state index contributed by atoms with van der Waals surface area (Å²) in [6.07, 6.45) is -4.61. The van der Waals surface area contributed by atoms with Crippen molar-refractivity contribution in [1.82, 2.24) is 19.7 Å². The average Bonchev–Trinajstić information content (AvgIpc) is 3.62. The average molecular weight is 610 g/mol. The number of anilines is 1. The molecule has 3 aliphatic heterocycles. The van der Waals surface area contributed by atoms with Crippen molar-refractivity contribution in [2.24, 2.45) is 0 Å². The molecule has 230 valence electrons. The van der Waals surface area contributed by atoms with Gasteiger partial charge in [-0.15, -0.1) is 11.8 Å². The zero-order valence-electron chi connectivity index (χ0n) is 24.4. The lowest BCUT2D eigenvalue weighted by molar-refractivity contribution is -0.141. The van der Waals surface area contributed by atoms with Crippen LogP contribution in [0.15, 0.2) is 24.3 Å². The Balaban J connectivity index is 1.35. The predicted octanol–water partition coefficient (Wildman–Crippen LogP) is 4.69. The molecule has 1 aromatic carbocycles. The lowest BCUT2D eigenvalue weighted by Gasteiger charge is -2.39. The van der Waals surface area contributed by atoms with Gasteiger partial charge in [0.1, 0.15) is 28.6 Å². The molecule has 0 saturated carbocycles. The molecule has 3 saturated heterocycles. The van der Waals surface area contributed by atoms with Crippen LogP contribution in [-0.2, 0) is 15.7 Å². The molecule has 0 N–H and O–H groups in total. The molecule has 0 spiro atoms. The highest BCUT2D eigenvalue weighted by atomic mass is 32.2. The summed E-state index contributed by atoms with van der Waals surface area (Å²) < 4.78 is 52.8. The number of pyridine rings is 1. The van der Waals surface area contributed by atoms with Crippen molar-refractivity contribution in [2.75, 3.05) is 62.4 Å². The van der Waals surface area contributed by atoms with E-state index in [4.69, 9.17) is 9.47 Å². The Bertz CT molecular complexity index is 1310. The van der Waals surface area contributed by atoms with Gasteiger partial charge in [0, 0.05) is 62.1 Å². The highest BCUT2D eigenvalue weighted by Crippen LogP contribution is 2.38. The van der Waals surface area contributed by atoms with Crippen molar-refractivity contribution in [2.45, 2.75) is 58.0 Å². The highest BCUT2D eigenvalue weighted by Gasteiger charge is 2.45. The van der Waals surface area contributed by atoms with Crippen LogP contribution in [0.25, 0.3) is 10.9 Å². The number of hydrogen-bond acceptors (Lipinski definition) is 8. The van der Waals surface area contributed by atoms with Crippen LogP contribution in [0.2, 0.25) is 0 Å². The summed E-state index contributed by atoms with van der Waals surface area (Å²) in [4.78, 5) is 38.1. The molecule has 42 heavy (non-hydrogen) atoms. The molecule has 0 bridgehead atoms. The van der Waals surface area contributed by atoms with Crippen LogP contribution in [0.1, 0.15) is 39.8 Å². The molecule has 2 aromatic rings. The minimum atomic E-state index is -4.60. The minimum absolute atomic E-state index is 0.0555. The molecule has 2 atom stereocenters. The number of halogens is 3. The molecule has 13 heteroatoms. The summed E-state index contributed by atoms with van der Waals surface area (Å²) in [5, 5.41) is 0.605. The zero-order chi connectivity index (χ0) is 30.2. The first kappa shape index (κ1) is 30.5. The molecule has 0 aliphatic carbocycles. The normalized spacial score (nSPS) is 22.2. The number of piperazine rings is 1. The number of alkyl halides is 3. The van der Waals surface area contributed by atoms with Gasteiger partial charge in [0.05, 0.1) is 12.5 Å². The number of likely N-dealkylation sites (tertiary alicyclic amines) is 1. The molecule has 0 unspecified atom stereocenters. The molecule has 5 rings (SSSR count). The van der Waals surface area contributed by atoms with Crippen LogP contribution >= 0.6 is 11.8 Å². The Kier molecular flexibility index (Phi) is 8.71. The van der Waals surface area contributed by atoms with Gasteiger partial charge in [0.2, 0.25) is 5.91 Å². The fourth-order valence-corrected chi connectivity index (χ4v) is 6.80. The SMILES string of the molecule is CCOc1cccc2c(N3CCN([C@H]4C[C@@H](C(=O)N5CCSC5)N(C(=O)OC(C)(C)C)C4)CC3)cc(C(F)(F)F)nc12. The van der Waals surface area contributed by atoms with E-state index in [-0.39, 0.29) is 17.5 Å². The zero-order valence-corrected chi connectivity index (χ0v) is 25.3. The maximum Gasteiger partial charge on any atom is 0.433 e. The van der Waals surface area contributed by atoms with Crippen molar-refractivity contribution >= 4 is 40.4 Å². The number of aromatic nitrogens is 1. The molecule has 1 aromatic heterocycles. The number of amides is 2. The second kappa shape index (κ2) is 12.0. The third-order valence-electron chi connectivity index (χ3n) is 7.80. The number of fused-ring (bicyclic) bond motifs is 1. The highest BCUT2D eigenvalue weighted by molar-refractivity contribution is 7.99. The summed E-state index contributed by atoms with van der Waals surface area (Å²) in [7, 11) is 0. The van der Waals surface area contributed by atoms with E-state index in [1.54, 1.807) is 67.5 Å². The Morgan fingerprint density at radius 2 is 1.83 bits per heavy atom. The van der Waals surface area contributed by atoms with Crippen LogP contribution in [0.3, 0.4) is 0 Å². The fourth-order valence-electron chi connectivity index (χ4n) is 5.84. The van der Waals surface area contributed by atoms with Crippen LogP contribution in [0, 0.1) is 0 Å². The summed E-state index contributed by atoms with van der Waals surface area (Å²) in [6.45, 7) is 10.6. The van der Waals surface area contributed by atoms with Gasteiger partial charge in [-0.05, 0) is 46.2 Å². The first-order valence-electron chi connectivity index (χ1n) is 14.3. The lowest BCUT2D eigenvalue weighted by Crippen LogP contribution is -2.51. The van der Waals surface area contributed by atoms with Crippen LogP contribution < -0.4 is 9.64 Å². The van der Waals surface area contributed by atoms with Crippen LogP contribution in [0.5, 0.6) is 5.75 Å². The van der Waals surface area contributed by atoms with Crippen molar-refractivity contribution < 1.29 is 32.2 Å². The standard InChI is InChI=1S/C29H38F3N5O4S/c1-5-40-23-8-6-7-20-21(16-24(29(30,31)32)33-25(20)23)35-11-9-34(10-12-35)19-15-22(26(38)36-13-14-42-18-36)37(17-19)27(39)41-28(2,3)4/h6-8,16,19,22H,5,9-15,17-18H2,1-4H3/t19-,22-/m0/s1. The van der Waals surface area contributed by atoms with Crippen molar-refractivity contribution in [3.05, 3.63) is 30.0 Å². The van der Waals surface area contributed by atoms with Gasteiger partial charge < -0.3 is 19.3 Å². The fraction of sp³-hybridized carbons (Fsp3) is 0.621. The third kappa shape index (κ3) is 6.51. The number of para-hydroxylation sites is 1. The number of benzene rings is 1. The Labute approximate surface area is 248 Å². The van der Waals surface area contributed by atoms with E-state index in [1.165, 1.54) is 0 Å². The molecule has 0 radical (unpaired) electrons. The summed E-state index contributed by atoms with van der Waals surface area (Å²) in [5.74, 6) is 1.76. The molecule has 9 nitrogen and oxygen atoms in total. The number of rotatable bonds is 5. The number of hydrogen-bond donors (Lipinski definition) is 0. The number of ether oxygens (including phenoxy) is 2. The molecule has 2 amide bonds. The van der Waals surface area contributed by atoms with Gasteiger partial charge in [-0.2, -0.15) is 13.2 Å². The molecule has 3 fully saturated rings. The summed E-state index contributed by atoms with van der Waals surface area (Å²) in [6, 6.07) is 5.63. The predicted molar refractivity (Wildman–Crippen MR) is 156 cm³/mol. The van der Waals surface area contributed by atoms with Crippen LogP contribution in [-0.4, -0.2) is 107 Å². The van der Waals surface area contributed by atoms with E-state index in [0.29, 0.717) is 75.0 Å². The Morgan fingerprint density at radius 3 is 2.45 bits per heavy atom. The van der Waals surface area contributed by atoms with Gasteiger partial charge >= 0.3 is 12.3 Å². The summed E-state index contributed by atoms with van der Waals surface area (Å²) in [5.41, 5.74) is -0.987. The smallest absolute Gasteiger partial charge is 0.433 e. The molecule has 3 aliphatic rings. The number of thioether (sulfide) groups is 1. The van der Waals surface area contributed by atoms with Gasteiger partial charge in [0.25, 0.3) is 0 Å². The quantitative estimate of drug-likeness (QED) is 0.484.